The molecule has 0 aliphatic heterocycles. The van der Waals surface area contributed by atoms with E-state index in [1.54, 1.807) is 6.92 Å². The molecule has 2 aliphatic carbocycles. The normalized spacial score (nSPS) is 21.3. The number of thioether (sulfide) groups is 1. The summed E-state index contributed by atoms with van der Waals surface area (Å²) in [7, 11) is 0. The molecule has 0 spiro atoms. The Labute approximate surface area is 175 Å². The lowest BCUT2D eigenvalue weighted by atomic mass is 9.60. The lowest BCUT2D eigenvalue weighted by Crippen LogP contribution is -2.43. The first-order valence-corrected chi connectivity index (χ1v) is 11.5. The molecule has 1 fully saturated rings. The highest BCUT2D eigenvalue weighted by Crippen LogP contribution is 2.48. The van der Waals surface area contributed by atoms with E-state index in [1.807, 2.05) is 6.07 Å². The molecule has 2 aliphatic rings. The van der Waals surface area contributed by atoms with Gasteiger partial charge in [0.25, 0.3) is 5.56 Å². The van der Waals surface area contributed by atoms with Gasteiger partial charge in [0.1, 0.15) is 0 Å². The second kappa shape index (κ2) is 8.34. The van der Waals surface area contributed by atoms with Crippen molar-refractivity contribution in [3.63, 3.8) is 0 Å². The number of hydrogen-bond acceptors (Lipinski definition) is 5. The van der Waals surface area contributed by atoms with E-state index >= 15 is 0 Å². The van der Waals surface area contributed by atoms with Crippen LogP contribution in [0.1, 0.15) is 57.1 Å². The third kappa shape index (κ3) is 3.87. The first-order chi connectivity index (χ1) is 14.0. The first kappa shape index (κ1) is 20.2. The predicted octanol–water partition coefficient (Wildman–Crippen LogP) is 4.49. The number of esters is 1. The largest absolute Gasteiger partial charge is 0.465 e. The molecule has 0 radical (unpaired) electrons. The maximum absolute atomic E-state index is 13.3. The molecule has 0 bridgehead atoms. The Hall–Kier alpha value is -2.08. The zero-order valence-corrected chi connectivity index (χ0v) is 17.9. The van der Waals surface area contributed by atoms with Crippen molar-refractivity contribution in [1.29, 1.82) is 0 Å². The van der Waals surface area contributed by atoms with E-state index in [9.17, 15) is 9.59 Å². The van der Waals surface area contributed by atoms with E-state index in [0.717, 1.165) is 36.1 Å². The zero-order valence-electron chi connectivity index (χ0n) is 17.1. The Morgan fingerprint density at radius 1 is 1.28 bits per heavy atom. The van der Waals surface area contributed by atoms with Gasteiger partial charge in [0, 0.05) is 11.0 Å². The number of hydrogen-bond donors (Lipinski definition) is 1. The van der Waals surface area contributed by atoms with Crippen molar-refractivity contribution in [2.75, 3.05) is 12.4 Å². The van der Waals surface area contributed by atoms with Crippen LogP contribution in [0.2, 0.25) is 0 Å². The molecule has 0 amide bonds. The van der Waals surface area contributed by atoms with Crippen LogP contribution >= 0.6 is 11.8 Å². The fourth-order valence-corrected chi connectivity index (χ4v) is 5.71. The second-order valence-corrected chi connectivity index (χ2v) is 9.24. The summed E-state index contributed by atoms with van der Waals surface area (Å²) >= 11 is 1.22. The smallest absolute Gasteiger partial charge is 0.316 e. The Bertz CT molecular complexity index is 965. The average Bonchev–Trinajstić information content (AvgIpc) is 2.73. The summed E-state index contributed by atoms with van der Waals surface area (Å²) in [6.07, 6.45) is 6.95. The third-order valence-corrected chi connectivity index (χ3v) is 7.28. The number of nitrogens with zero attached hydrogens (tertiary/aromatic N) is 1. The highest BCUT2D eigenvalue weighted by molar-refractivity contribution is 7.99. The molecule has 6 heteroatoms. The number of H-pyrrole nitrogens is 1. The molecular weight excluding hydrogens is 384 g/mol. The van der Waals surface area contributed by atoms with Gasteiger partial charge in [0.2, 0.25) is 0 Å². The van der Waals surface area contributed by atoms with Gasteiger partial charge in [-0.25, -0.2) is 4.98 Å². The van der Waals surface area contributed by atoms with E-state index in [4.69, 9.17) is 9.72 Å². The average molecular weight is 413 g/mol. The Balaban J connectivity index is 1.77. The van der Waals surface area contributed by atoms with Crippen LogP contribution in [0.4, 0.5) is 0 Å². The topological polar surface area (TPSA) is 72.0 Å². The molecule has 4 rings (SSSR count). The van der Waals surface area contributed by atoms with Gasteiger partial charge in [-0.2, -0.15) is 0 Å². The molecule has 5 nitrogen and oxygen atoms in total. The second-order valence-electron chi connectivity index (χ2n) is 8.27. The third-order valence-electron chi connectivity index (χ3n) is 6.44. The molecule has 0 saturated heterocycles. The van der Waals surface area contributed by atoms with Crippen LogP contribution in [-0.4, -0.2) is 28.3 Å². The molecule has 1 saturated carbocycles. The lowest BCUT2D eigenvalue weighted by Gasteiger charge is -2.43. The summed E-state index contributed by atoms with van der Waals surface area (Å²) in [6, 6.07) is 8.28. The maximum atomic E-state index is 13.3. The molecule has 29 heavy (non-hydrogen) atoms. The van der Waals surface area contributed by atoms with Crippen molar-refractivity contribution in [2.24, 2.45) is 5.92 Å². The van der Waals surface area contributed by atoms with E-state index < -0.39 is 0 Å². The molecule has 154 valence electrons. The van der Waals surface area contributed by atoms with E-state index in [1.165, 1.54) is 36.6 Å². The van der Waals surface area contributed by atoms with E-state index in [2.05, 4.69) is 30.1 Å². The van der Waals surface area contributed by atoms with Crippen LogP contribution in [0, 0.1) is 5.92 Å². The van der Waals surface area contributed by atoms with Crippen molar-refractivity contribution >= 4 is 17.7 Å². The number of nitrogens with one attached hydrogen (secondary N) is 1. The first-order valence-electron chi connectivity index (χ1n) is 10.5. The SMILES string of the molecule is CCOC(=O)CSc1nc2c(c(=O)[nH]1)[C@](C)(C1CCCCC1)Cc1ccccc1-2. The molecule has 1 aromatic heterocycles. The van der Waals surface area contributed by atoms with Crippen molar-refractivity contribution in [2.45, 2.75) is 62.9 Å². The van der Waals surface area contributed by atoms with Gasteiger partial charge in [-0.15, -0.1) is 0 Å². The van der Waals surface area contributed by atoms with Gasteiger partial charge in [-0.05, 0) is 37.7 Å². The summed E-state index contributed by atoms with van der Waals surface area (Å²) in [5.41, 5.74) is 3.63. The Kier molecular flexibility index (Phi) is 5.81. The monoisotopic (exact) mass is 412 g/mol. The number of aromatic nitrogens is 2. The van der Waals surface area contributed by atoms with Crippen molar-refractivity contribution in [3.05, 3.63) is 45.7 Å². The number of carbonyl (C=O) groups is 1. The summed E-state index contributed by atoms with van der Waals surface area (Å²) in [5, 5.41) is 0.476. The Morgan fingerprint density at radius 2 is 2.03 bits per heavy atom. The quantitative estimate of drug-likeness (QED) is 0.445. The summed E-state index contributed by atoms with van der Waals surface area (Å²) in [6.45, 7) is 4.38. The van der Waals surface area contributed by atoms with Crippen LogP contribution in [-0.2, 0) is 21.4 Å². The highest BCUT2D eigenvalue weighted by atomic mass is 32.2. The zero-order chi connectivity index (χ0) is 20.4. The fourth-order valence-electron chi connectivity index (χ4n) is 5.05. The van der Waals surface area contributed by atoms with Gasteiger partial charge in [0.05, 0.1) is 23.6 Å². The van der Waals surface area contributed by atoms with Gasteiger partial charge < -0.3 is 9.72 Å². The minimum Gasteiger partial charge on any atom is -0.465 e. The lowest BCUT2D eigenvalue weighted by molar-refractivity contribution is -0.139. The van der Waals surface area contributed by atoms with E-state index in [-0.39, 0.29) is 22.7 Å². The fraction of sp³-hybridized carbons (Fsp3) is 0.522. The summed E-state index contributed by atoms with van der Waals surface area (Å²) in [5.74, 6) is 0.325. The molecule has 2 aromatic rings. The van der Waals surface area contributed by atoms with Crippen LogP contribution < -0.4 is 5.56 Å². The van der Waals surface area contributed by atoms with Gasteiger partial charge >= 0.3 is 5.97 Å². The molecular formula is C23H28N2O3S. The molecule has 1 aromatic carbocycles. The molecule has 1 N–H and O–H groups in total. The number of carbonyl (C=O) groups excluding carboxylic acids is 1. The standard InChI is InChI=1S/C23H28N2O3S/c1-3-28-18(26)14-29-22-24-20-17-12-8-7-9-15(17)13-23(2,19(20)21(27)25-22)16-10-5-4-6-11-16/h7-9,12,16H,3-6,10-11,13-14H2,1-2H3,(H,24,25,27)/t23-/m0/s1. The minimum atomic E-state index is -0.301. The predicted molar refractivity (Wildman–Crippen MR) is 115 cm³/mol. The molecule has 1 heterocycles. The van der Waals surface area contributed by atoms with Gasteiger partial charge in [-0.1, -0.05) is 62.2 Å². The van der Waals surface area contributed by atoms with Crippen molar-refractivity contribution in [1.82, 2.24) is 9.97 Å². The number of benzene rings is 1. The minimum absolute atomic E-state index is 0.0658. The number of fused-ring (bicyclic) bond motifs is 3. The number of rotatable bonds is 5. The van der Waals surface area contributed by atoms with E-state index in [0.29, 0.717) is 17.7 Å². The summed E-state index contributed by atoms with van der Waals surface area (Å²) in [4.78, 5) is 32.8. The van der Waals surface area contributed by atoms with Crippen molar-refractivity contribution < 1.29 is 9.53 Å². The van der Waals surface area contributed by atoms with Crippen LogP contribution in [0.3, 0.4) is 0 Å². The van der Waals surface area contributed by atoms with Crippen LogP contribution in [0.15, 0.2) is 34.2 Å². The molecule has 0 unspecified atom stereocenters. The Morgan fingerprint density at radius 3 is 2.79 bits per heavy atom. The number of aromatic amines is 1. The summed E-state index contributed by atoms with van der Waals surface area (Å²) < 4.78 is 5.00. The van der Waals surface area contributed by atoms with Gasteiger partial charge in [0.15, 0.2) is 5.16 Å². The van der Waals surface area contributed by atoms with Crippen molar-refractivity contribution in [3.8, 4) is 11.3 Å². The maximum Gasteiger partial charge on any atom is 0.316 e. The van der Waals surface area contributed by atoms with Crippen LogP contribution in [0.5, 0.6) is 0 Å². The van der Waals surface area contributed by atoms with Crippen LogP contribution in [0.25, 0.3) is 11.3 Å². The number of ether oxygens (including phenoxy) is 1. The van der Waals surface area contributed by atoms with Gasteiger partial charge in [-0.3, -0.25) is 9.59 Å². The highest BCUT2D eigenvalue weighted by Gasteiger charge is 2.44. The molecule has 1 atom stereocenters.